The molecule has 1 aromatic carbocycles. The lowest BCUT2D eigenvalue weighted by atomic mass is 10.1. The lowest BCUT2D eigenvalue weighted by Crippen LogP contribution is -2.32. The number of rotatable bonds is 5. The summed E-state index contributed by atoms with van der Waals surface area (Å²) in [4.78, 5) is 42.1. The van der Waals surface area contributed by atoms with E-state index in [9.17, 15) is 14.4 Å². The maximum atomic E-state index is 11.9. The van der Waals surface area contributed by atoms with Crippen molar-refractivity contribution in [3.05, 3.63) is 45.8 Å². The van der Waals surface area contributed by atoms with Gasteiger partial charge in [-0.1, -0.05) is 17.2 Å². The molecule has 1 aliphatic rings. The Labute approximate surface area is 119 Å². The van der Waals surface area contributed by atoms with Crippen LogP contribution in [0.2, 0.25) is 0 Å². The molecule has 1 saturated heterocycles. The maximum absolute atomic E-state index is 11.9. The molecule has 0 N–H and O–H groups in total. The Morgan fingerprint density at radius 3 is 2.71 bits per heavy atom. The number of imide groups is 1. The molecule has 1 aliphatic heterocycles. The number of hydroxylamine groups is 2. The Balaban J connectivity index is 2.05. The van der Waals surface area contributed by atoms with Gasteiger partial charge in [0.25, 0.3) is 11.8 Å². The molecule has 108 valence electrons. The van der Waals surface area contributed by atoms with Gasteiger partial charge < -0.3 is 4.84 Å². The zero-order valence-corrected chi connectivity index (χ0v) is 11.1. The first-order valence-corrected chi connectivity index (χ1v) is 6.29. The molecule has 0 saturated carbocycles. The van der Waals surface area contributed by atoms with Crippen molar-refractivity contribution in [2.75, 3.05) is 6.54 Å². The molecule has 1 heterocycles. The van der Waals surface area contributed by atoms with Gasteiger partial charge in [0, 0.05) is 24.3 Å². The topological polar surface area (TPSA) is 112 Å². The maximum Gasteiger partial charge on any atom is 0.363 e. The average molecular weight is 288 g/mol. The zero-order valence-electron chi connectivity index (χ0n) is 11.1. The van der Waals surface area contributed by atoms with Crippen molar-refractivity contribution in [1.29, 1.82) is 0 Å². The van der Waals surface area contributed by atoms with Crippen LogP contribution in [0.5, 0.6) is 0 Å². The number of hydrogen-bond donors (Lipinski definition) is 0. The summed E-state index contributed by atoms with van der Waals surface area (Å²) in [6, 6.07) is 6.51. The fourth-order valence-electron chi connectivity index (χ4n) is 1.87. The first-order valence-electron chi connectivity index (χ1n) is 6.29. The minimum atomic E-state index is -0.774. The Bertz CT molecular complexity index is 621. The van der Waals surface area contributed by atoms with Crippen LogP contribution in [0.4, 0.5) is 0 Å². The van der Waals surface area contributed by atoms with Gasteiger partial charge in [-0.05, 0) is 29.6 Å². The molecule has 0 aliphatic carbocycles. The number of hydrogen-bond acceptors (Lipinski definition) is 5. The van der Waals surface area contributed by atoms with Gasteiger partial charge in [-0.3, -0.25) is 9.59 Å². The largest absolute Gasteiger partial charge is 0.363 e. The van der Waals surface area contributed by atoms with Gasteiger partial charge in [0.05, 0.1) is 5.56 Å². The molecule has 0 unspecified atom stereocenters. The van der Waals surface area contributed by atoms with Gasteiger partial charge in [-0.25, -0.2) is 4.79 Å². The molecule has 1 fully saturated rings. The molecular weight excluding hydrogens is 276 g/mol. The van der Waals surface area contributed by atoms with Crippen molar-refractivity contribution >= 4 is 17.8 Å². The second-order valence-corrected chi connectivity index (χ2v) is 4.37. The Kier molecular flexibility index (Phi) is 4.53. The van der Waals surface area contributed by atoms with Crippen LogP contribution >= 0.6 is 0 Å². The standard InChI is InChI=1S/C13H12N4O4/c14-16-15-7-6-9-2-1-3-10(8-9)13(20)21-17-11(18)4-5-12(17)19/h1-3,8H,4-7H2. The molecule has 8 nitrogen and oxygen atoms in total. The summed E-state index contributed by atoms with van der Waals surface area (Å²) in [5.41, 5.74) is 9.22. The summed E-state index contributed by atoms with van der Waals surface area (Å²) in [5, 5.41) is 3.92. The molecule has 0 radical (unpaired) electrons. The number of carbonyl (C=O) groups excluding carboxylic acids is 3. The highest BCUT2D eigenvalue weighted by Crippen LogP contribution is 2.15. The molecule has 0 atom stereocenters. The Hall–Kier alpha value is -2.86. The van der Waals surface area contributed by atoms with Crippen molar-refractivity contribution in [3.8, 4) is 0 Å². The lowest BCUT2D eigenvalue weighted by Gasteiger charge is -2.12. The third-order valence-electron chi connectivity index (χ3n) is 2.91. The summed E-state index contributed by atoms with van der Waals surface area (Å²) < 4.78 is 0. The SMILES string of the molecule is [N-]=[N+]=NCCc1cccc(C(=O)ON2C(=O)CCC2=O)c1. The van der Waals surface area contributed by atoms with E-state index < -0.39 is 17.8 Å². The molecule has 2 rings (SSSR count). The van der Waals surface area contributed by atoms with Gasteiger partial charge in [0.15, 0.2) is 0 Å². The molecule has 0 bridgehead atoms. The first-order chi connectivity index (χ1) is 10.1. The van der Waals surface area contributed by atoms with Crippen molar-refractivity contribution in [3.63, 3.8) is 0 Å². The van der Waals surface area contributed by atoms with E-state index in [1.807, 2.05) is 0 Å². The van der Waals surface area contributed by atoms with Crippen molar-refractivity contribution in [2.24, 2.45) is 5.11 Å². The summed E-state index contributed by atoms with van der Waals surface area (Å²) in [5.74, 6) is -1.81. The third kappa shape index (κ3) is 3.58. The fraction of sp³-hybridized carbons (Fsp3) is 0.308. The van der Waals surface area contributed by atoms with E-state index in [2.05, 4.69) is 10.0 Å². The summed E-state index contributed by atoms with van der Waals surface area (Å²) in [6.45, 7) is 0.276. The van der Waals surface area contributed by atoms with Crippen LogP contribution < -0.4 is 0 Å². The van der Waals surface area contributed by atoms with Gasteiger partial charge in [0.1, 0.15) is 0 Å². The van der Waals surface area contributed by atoms with Crippen molar-refractivity contribution in [2.45, 2.75) is 19.3 Å². The van der Waals surface area contributed by atoms with Gasteiger partial charge in [0.2, 0.25) is 0 Å². The molecule has 21 heavy (non-hydrogen) atoms. The minimum Gasteiger partial charge on any atom is -0.325 e. The van der Waals surface area contributed by atoms with E-state index >= 15 is 0 Å². The number of benzene rings is 1. The van der Waals surface area contributed by atoms with Crippen molar-refractivity contribution in [1.82, 2.24) is 5.06 Å². The number of nitrogens with zero attached hydrogens (tertiary/aromatic N) is 4. The van der Waals surface area contributed by atoms with Gasteiger partial charge >= 0.3 is 5.97 Å². The van der Waals surface area contributed by atoms with Crippen molar-refractivity contribution < 1.29 is 19.2 Å². The Morgan fingerprint density at radius 1 is 1.33 bits per heavy atom. The highest BCUT2D eigenvalue weighted by Gasteiger charge is 2.33. The molecule has 0 spiro atoms. The monoisotopic (exact) mass is 288 g/mol. The zero-order chi connectivity index (χ0) is 15.2. The molecule has 2 amide bonds. The van der Waals surface area contributed by atoms with E-state index in [1.165, 1.54) is 6.07 Å². The van der Waals surface area contributed by atoms with Crippen LogP contribution in [0.15, 0.2) is 29.4 Å². The van der Waals surface area contributed by atoms with Crippen LogP contribution in [-0.2, 0) is 20.8 Å². The highest BCUT2D eigenvalue weighted by molar-refractivity contribution is 6.02. The molecular formula is C13H12N4O4. The van der Waals surface area contributed by atoms with E-state index in [0.29, 0.717) is 11.5 Å². The van der Waals surface area contributed by atoms with E-state index in [4.69, 9.17) is 10.4 Å². The third-order valence-corrected chi connectivity index (χ3v) is 2.91. The first kappa shape index (κ1) is 14.5. The predicted molar refractivity (Wildman–Crippen MR) is 70.7 cm³/mol. The number of azide groups is 1. The minimum absolute atomic E-state index is 0.0539. The molecule has 8 heteroatoms. The summed E-state index contributed by atoms with van der Waals surface area (Å²) in [7, 11) is 0. The molecule has 1 aromatic rings. The highest BCUT2D eigenvalue weighted by atomic mass is 16.7. The average Bonchev–Trinajstić information content (AvgIpc) is 2.80. The smallest absolute Gasteiger partial charge is 0.325 e. The second kappa shape index (κ2) is 6.53. The summed E-state index contributed by atoms with van der Waals surface area (Å²) in [6.07, 6.45) is 0.587. The predicted octanol–water partition coefficient (Wildman–Crippen LogP) is 1.76. The quantitative estimate of drug-likeness (QED) is 0.355. The lowest BCUT2D eigenvalue weighted by molar-refractivity contribution is -0.172. The van der Waals surface area contributed by atoms with Crippen LogP contribution in [-0.4, -0.2) is 29.4 Å². The number of carbonyl (C=O) groups is 3. The van der Waals surface area contributed by atoms with Crippen LogP contribution in [0, 0.1) is 0 Å². The van der Waals surface area contributed by atoms with E-state index in [1.54, 1.807) is 18.2 Å². The number of amides is 2. The van der Waals surface area contributed by atoms with Crippen LogP contribution in [0.25, 0.3) is 10.4 Å². The second-order valence-electron chi connectivity index (χ2n) is 4.37. The summed E-state index contributed by atoms with van der Waals surface area (Å²) >= 11 is 0. The normalized spacial score (nSPS) is 14.0. The van der Waals surface area contributed by atoms with Gasteiger partial charge in [-0.15, -0.1) is 5.06 Å². The van der Waals surface area contributed by atoms with Gasteiger partial charge in [-0.2, -0.15) is 0 Å². The van der Waals surface area contributed by atoms with Crippen LogP contribution in [0.3, 0.4) is 0 Å². The van der Waals surface area contributed by atoms with Crippen LogP contribution in [0.1, 0.15) is 28.8 Å². The molecule has 0 aromatic heterocycles. The Morgan fingerprint density at radius 2 is 2.05 bits per heavy atom. The van der Waals surface area contributed by atoms with E-state index in [-0.39, 0.29) is 24.9 Å². The fourth-order valence-corrected chi connectivity index (χ4v) is 1.87. The van der Waals surface area contributed by atoms with E-state index in [0.717, 1.165) is 5.56 Å².